The quantitative estimate of drug-likeness (QED) is 0.838. The van der Waals surface area contributed by atoms with E-state index in [4.69, 9.17) is 17.0 Å². The van der Waals surface area contributed by atoms with Crippen LogP contribution in [0, 0.1) is 0 Å². The average molecular weight is 352 g/mol. The first-order chi connectivity index (χ1) is 12.3. The van der Waals surface area contributed by atoms with Crippen molar-refractivity contribution in [3.8, 4) is 5.75 Å². The normalized spacial score (nSPS) is 18.0. The van der Waals surface area contributed by atoms with Gasteiger partial charge < -0.3 is 19.9 Å². The molecule has 0 spiro atoms. The Labute approximate surface area is 152 Å². The molecule has 0 aliphatic carbocycles. The fourth-order valence-corrected chi connectivity index (χ4v) is 3.40. The molecule has 1 saturated heterocycles. The SMILES string of the molecule is S=C(N/C=C1/COc2ccccc21)N1CCN(c2cccnc2)CC1. The molecule has 5 nitrogen and oxygen atoms in total. The van der Waals surface area contributed by atoms with Crippen LogP contribution in [0.5, 0.6) is 5.75 Å². The van der Waals surface area contributed by atoms with E-state index in [1.807, 2.05) is 36.7 Å². The lowest BCUT2D eigenvalue weighted by Crippen LogP contribution is -2.51. The standard InChI is InChI=1S/C19H20N4OS/c25-19(21-12-15-14-24-18-6-2-1-5-17(15)18)23-10-8-22(9-11-23)16-4-3-7-20-13-16/h1-7,12-13H,8-11,14H2,(H,21,25)/b15-12-. The number of nitrogens with zero attached hydrogens (tertiary/aromatic N) is 3. The van der Waals surface area contributed by atoms with Crippen LogP contribution in [0.2, 0.25) is 0 Å². The number of fused-ring (bicyclic) bond motifs is 1. The average Bonchev–Trinajstić information content (AvgIpc) is 3.10. The summed E-state index contributed by atoms with van der Waals surface area (Å²) in [4.78, 5) is 8.74. The Morgan fingerprint density at radius 2 is 1.96 bits per heavy atom. The summed E-state index contributed by atoms with van der Waals surface area (Å²) in [6.07, 6.45) is 5.69. The molecule has 25 heavy (non-hydrogen) atoms. The first-order valence-corrected chi connectivity index (χ1v) is 8.84. The van der Waals surface area contributed by atoms with Gasteiger partial charge in [-0.05, 0) is 30.4 Å². The molecule has 3 heterocycles. The van der Waals surface area contributed by atoms with Gasteiger partial charge in [0.25, 0.3) is 0 Å². The zero-order chi connectivity index (χ0) is 17.1. The number of aromatic nitrogens is 1. The lowest BCUT2D eigenvalue weighted by atomic mass is 10.1. The molecule has 4 rings (SSSR count). The van der Waals surface area contributed by atoms with E-state index < -0.39 is 0 Å². The highest BCUT2D eigenvalue weighted by molar-refractivity contribution is 7.80. The molecule has 1 N–H and O–H groups in total. The third-order valence-corrected chi connectivity index (χ3v) is 4.94. The highest BCUT2D eigenvalue weighted by atomic mass is 32.1. The van der Waals surface area contributed by atoms with E-state index in [0.29, 0.717) is 6.61 Å². The molecule has 1 aromatic heterocycles. The van der Waals surface area contributed by atoms with E-state index in [1.165, 1.54) is 5.69 Å². The summed E-state index contributed by atoms with van der Waals surface area (Å²) in [7, 11) is 0. The summed E-state index contributed by atoms with van der Waals surface area (Å²) in [6.45, 7) is 4.27. The van der Waals surface area contributed by atoms with Gasteiger partial charge in [-0.3, -0.25) is 4.98 Å². The van der Waals surface area contributed by atoms with Crippen molar-refractivity contribution >= 4 is 28.6 Å². The van der Waals surface area contributed by atoms with E-state index in [-0.39, 0.29) is 0 Å². The van der Waals surface area contributed by atoms with E-state index in [1.54, 1.807) is 6.20 Å². The highest BCUT2D eigenvalue weighted by Crippen LogP contribution is 2.31. The van der Waals surface area contributed by atoms with Crippen LogP contribution >= 0.6 is 12.2 Å². The van der Waals surface area contributed by atoms with Gasteiger partial charge in [0.15, 0.2) is 5.11 Å². The second-order valence-corrected chi connectivity index (χ2v) is 6.48. The number of rotatable bonds is 2. The molecule has 0 amide bonds. The van der Waals surface area contributed by atoms with Crippen molar-refractivity contribution in [2.45, 2.75) is 0 Å². The van der Waals surface area contributed by atoms with Crippen LogP contribution in [0.1, 0.15) is 5.56 Å². The summed E-state index contributed by atoms with van der Waals surface area (Å²) in [5.74, 6) is 0.937. The van der Waals surface area contributed by atoms with Crippen molar-refractivity contribution in [3.63, 3.8) is 0 Å². The second-order valence-electron chi connectivity index (χ2n) is 6.09. The number of pyridine rings is 1. The molecule has 1 aromatic carbocycles. The van der Waals surface area contributed by atoms with Crippen molar-refractivity contribution in [3.05, 3.63) is 60.6 Å². The van der Waals surface area contributed by atoms with Crippen LogP contribution in [0.3, 0.4) is 0 Å². The zero-order valence-corrected chi connectivity index (χ0v) is 14.7. The van der Waals surface area contributed by atoms with Gasteiger partial charge in [-0.25, -0.2) is 0 Å². The number of hydrogen-bond acceptors (Lipinski definition) is 4. The van der Waals surface area contributed by atoms with Gasteiger partial charge in [-0.1, -0.05) is 18.2 Å². The van der Waals surface area contributed by atoms with Crippen LogP contribution in [-0.2, 0) is 0 Å². The van der Waals surface area contributed by atoms with Crippen LogP contribution in [0.15, 0.2) is 55.0 Å². The molecule has 2 aromatic rings. The Morgan fingerprint density at radius 3 is 2.76 bits per heavy atom. The maximum absolute atomic E-state index is 5.67. The zero-order valence-electron chi connectivity index (χ0n) is 13.9. The predicted octanol–water partition coefficient (Wildman–Crippen LogP) is 2.51. The number of hydrogen-bond donors (Lipinski definition) is 1. The Morgan fingerprint density at radius 1 is 1.12 bits per heavy atom. The van der Waals surface area contributed by atoms with Crippen molar-refractivity contribution in [2.75, 3.05) is 37.7 Å². The minimum Gasteiger partial charge on any atom is -0.488 e. The lowest BCUT2D eigenvalue weighted by Gasteiger charge is -2.37. The molecule has 0 bridgehead atoms. The molecule has 6 heteroatoms. The number of ether oxygens (including phenoxy) is 1. The van der Waals surface area contributed by atoms with Gasteiger partial charge in [0, 0.05) is 49.7 Å². The van der Waals surface area contributed by atoms with Crippen LogP contribution in [0.25, 0.3) is 5.57 Å². The smallest absolute Gasteiger partial charge is 0.173 e. The van der Waals surface area contributed by atoms with Gasteiger partial charge in [-0.2, -0.15) is 0 Å². The van der Waals surface area contributed by atoms with Crippen LogP contribution < -0.4 is 15.0 Å². The molecule has 1 fully saturated rings. The molecule has 2 aliphatic rings. The maximum atomic E-state index is 5.67. The van der Waals surface area contributed by atoms with Gasteiger partial charge >= 0.3 is 0 Å². The molecule has 0 saturated carbocycles. The fourth-order valence-electron chi connectivity index (χ4n) is 3.16. The largest absolute Gasteiger partial charge is 0.488 e. The molecule has 0 radical (unpaired) electrons. The van der Waals surface area contributed by atoms with Crippen LogP contribution in [-0.4, -0.2) is 47.8 Å². The predicted molar refractivity (Wildman–Crippen MR) is 104 cm³/mol. The van der Waals surface area contributed by atoms with Crippen molar-refractivity contribution in [1.29, 1.82) is 0 Å². The summed E-state index contributed by atoms with van der Waals surface area (Å²) >= 11 is 5.56. The van der Waals surface area contributed by atoms with Gasteiger partial charge in [0.05, 0.1) is 11.9 Å². The topological polar surface area (TPSA) is 40.6 Å². The first-order valence-electron chi connectivity index (χ1n) is 8.43. The lowest BCUT2D eigenvalue weighted by molar-refractivity contribution is 0.383. The molecule has 0 unspecified atom stereocenters. The van der Waals surface area contributed by atoms with Crippen LogP contribution in [0.4, 0.5) is 5.69 Å². The van der Waals surface area contributed by atoms with Gasteiger partial charge in [-0.15, -0.1) is 0 Å². The minimum absolute atomic E-state index is 0.587. The number of para-hydroxylation sites is 1. The fraction of sp³-hybridized carbons (Fsp3) is 0.263. The number of nitrogens with one attached hydrogen (secondary N) is 1. The number of anilines is 1. The Kier molecular flexibility index (Phi) is 4.52. The summed E-state index contributed by atoms with van der Waals surface area (Å²) in [6, 6.07) is 12.2. The number of thiocarbonyl (C=S) groups is 1. The van der Waals surface area contributed by atoms with Gasteiger partial charge in [0.2, 0.25) is 0 Å². The Hall–Kier alpha value is -2.60. The summed E-state index contributed by atoms with van der Waals surface area (Å²) in [5.41, 5.74) is 3.44. The van der Waals surface area contributed by atoms with Crippen molar-refractivity contribution in [2.24, 2.45) is 0 Å². The van der Waals surface area contributed by atoms with E-state index in [2.05, 4.69) is 32.2 Å². The van der Waals surface area contributed by atoms with Gasteiger partial charge in [0.1, 0.15) is 12.4 Å². The monoisotopic (exact) mass is 352 g/mol. The first kappa shape index (κ1) is 15.9. The second kappa shape index (κ2) is 7.11. The molecule has 128 valence electrons. The van der Waals surface area contributed by atoms with E-state index in [0.717, 1.165) is 48.2 Å². The third kappa shape index (κ3) is 3.44. The molecular formula is C19H20N4OS. The number of benzene rings is 1. The minimum atomic E-state index is 0.587. The number of piperazine rings is 1. The molecular weight excluding hydrogens is 332 g/mol. The summed E-state index contributed by atoms with van der Waals surface area (Å²) < 4.78 is 5.67. The Balaban J connectivity index is 1.34. The Bertz CT molecular complexity index is 785. The maximum Gasteiger partial charge on any atom is 0.173 e. The van der Waals surface area contributed by atoms with Crippen molar-refractivity contribution in [1.82, 2.24) is 15.2 Å². The van der Waals surface area contributed by atoms with E-state index in [9.17, 15) is 0 Å². The third-order valence-electron chi connectivity index (χ3n) is 4.56. The molecule has 2 aliphatic heterocycles. The van der Waals surface area contributed by atoms with E-state index >= 15 is 0 Å². The highest BCUT2D eigenvalue weighted by Gasteiger charge is 2.20. The molecule has 0 atom stereocenters. The summed E-state index contributed by atoms with van der Waals surface area (Å²) in [5, 5.41) is 4.04. The van der Waals surface area contributed by atoms with Crippen molar-refractivity contribution < 1.29 is 4.74 Å².